The molecule has 0 saturated carbocycles. The maximum absolute atomic E-state index is 12.4. The molecular weight excluding hydrogens is 510 g/mol. The van der Waals surface area contributed by atoms with Crippen LogP contribution in [0.5, 0.6) is 17.2 Å². The van der Waals surface area contributed by atoms with E-state index in [-0.39, 0.29) is 36.6 Å². The molecule has 1 saturated heterocycles. The lowest BCUT2D eigenvalue weighted by Crippen LogP contribution is -2.41. The number of rotatable bonds is 11. The lowest BCUT2D eigenvalue weighted by molar-refractivity contribution is -0.134. The second-order valence-electron chi connectivity index (χ2n) is 10.0. The van der Waals surface area contributed by atoms with Gasteiger partial charge in [-0.3, -0.25) is 9.52 Å². The number of carbonyl (C=O) groups is 1. The zero-order valence-corrected chi connectivity index (χ0v) is 22.5. The van der Waals surface area contributed by atoms with E-state index in [9.17, 15) is 23.4 Å². The first kappa shape index (κ1) is 28.0. The molecule has 1 heterocycles. The molecule has 1 amide bonds. The number of aliphatic hydroxyl groups is 1. The number of phenols is 1. The van der Waals surface area contributed by atoms with Crippen molar-refractivity contribution < 1.29 is 32.9 Å². The molecule has 1 aliphatic carbocycles. The summed E-state index contributed by atoms with van der Waals surface area (Å²) in [6.07, 6.45) is 6.14. The van der Waals surface area contributed by atoms with Crippen LogP contribution in [0.4, 0.5) is 5.69 Å². The topological polar surface area (TPSA) is 137 Å². The number of aliphatic hydroxyl groups excluding tert-OH is 1. The summed E-state index contributed by atoms with van der Waals surface area (Å²) in [5.74, 6) is 0.839. The van der Waals surface area contributed by atoms with Crippen molar-refractivity contribution >= 4 is 21.6 Å². The molecule has 38 heavy (non-hydrogen) atoms. The van der Waals surface area contributed by atoms with Crippen LogP contribution in [-0.4, -0.2) is 80.7 Å². The van der Waals surface area contributed by atoms with Gasteiger partial charge in [-0.15, -0.1) is 0 Å². The number of piperidine rings is 1. The van der Waals surface area contributed by atoms with Gasteiger partial charge >= 0.3 is 0 Å². The number of likely N-dealkylation sites (tertiary alicyclic amines) is 1. The summed E-state index contributed by atoms with van der Waals surface area (Å²) in [6.45, 7) is 2.01. The average Bonchev–Trinajstić information content (AvgIpc) is 2.90. The van der Waals surface area contributed by atoms with Gasteiger partial charge in [-0.25, -0.2) is 8.42 Å². The van der Waals surface area contributed by atoms with Gasteiger partial charge in [0, 0.05) is 31.7 Å². The summed E-state index contributed by atoms with van der Waals surface area (Å²) in [6, 6.07) is 10.4. The van der Waals surface area contributed by atoms with Crippen molar-refractivity contribution in [2.45, 2.75) is 50.7 Å². The first-order valence-electron chi connectivity index (χ1n) is 13.0. The molecule has 208 valence electrons. The van der Waals surface area contributed by atoms with E-state index in [0.29, 0.717) is 18.0 Å². The van der Waals surface area contributed by atoms with Gasteiger partial charge < -0.3 is 29.9 Å². The van der Waals surface area contributed by atoms with Gasteiger partial charge in [-0.1, -0.05) is 6.07 Å². The molecule has 10 nitrogen and oxygen atoms in total. The van der Waals surface area contributed by atoms with E-state index in [0.717, 1.165) is 51.4 Å². The smallest absolute Gasteiger partial charge is 0.260 e. The highest BCUT2D eigenvalue weighted by atomic mass is 32.2. The number of anilines is 1. The Morgan fingerprint density at radius 2 is 1.82 bits per heavy atom. The van der Waals surface area contributed by atoms with Crippen LogP contribution in [0, 0.1) is 0 Å². The van der Waals surface area contributed by atoms with Crippen molar-refractivity contribution in [3.63, 3.8) is 0 Å². The number of aryl methyl sites for hydroxylation is 1. The Bertz CT molecular complexity index is 1220. The molecule has 2 atom stereocenters. The maximum atomic E-state index is 12.4. The van der Waals surface area contributed by atoms with Crippen molar-refractivity contribution in [2.75, 3.05) is 43.8 Å². The Hall–Kier alpha value is -3.02. The van der Waals surface area contributed by atoms with E-state index in [1.54, 1.807) is 0 Å². The van der Waals surface area contributed by atoms with E-state index in [4.69, 9.17) is 9.47 Å². The molecule has 2 aliphatic rings. The number of nitrogens with one attached hydrogen (secondary N) is 2. The van der Waals surface area contributed by atoms with E-state index >= 15 is 0 Å². The van der Waals surface area contributed by atoms with Gasteiger partial charge in [-0.2, -0.15) is 0 Å². The molecule has 4 N–H and O–H groups in total. The van der Waals surface area contributed by atoms with Crippen LogP contribution in [0.25, 0.3) is 0 Å². The summed E-state index contributed by atoms with van der Waals surface area (Å²) < 4.78 is 36.5. The van der Waals surface area contributed by atoms with Crippen molar-refractivity contribution in [3.05, 3.63) is 47.5 Å². The molecule has 1 fully saturated rings. The van der Waals surface area contributed by atoms with E-state index < -0.39 is 16.1 Å². The fraction of sp³-hybridized carbons (Fsp3) is 0.519. The van der Waals surface area contributed by atoms with Gasteiger partial charge in [0.05, 0.1) is 11.9 Å². The minimum absolute atomic E-state index is 0.00241. The number of benzene rings is 2. The van der Waals surface area contributed by atoms with Crippen molar-refractivity contribution in [3.8, 4) is 17.2 Å². The highest BCUT2D eigenvalue weighted by Gasteiger charge is 2.21. The predicted molar refractivity (Wildman–Crippen MR) is 144 cm³/mol. The third kappa shape index (κ3) is 8.24. The average molecular weight is 548 g/mol. The lowest BCUT2D eigenvalue weighted by atomic mass is 9.88. The third-order valence-electron chi connectivity index (χ3n) is 6.83. The summed E-state index contributed by atoms with van der Waals surface area (Å²) in [5.41, 5.74) is 2.46. The monoisotopic (exact) mass is 547 g/mol. The molecule has 0 unspecified atom stereocenters. The first-order chi connectivity index (χ1) is 18.2. The molecule has 2 aromatic rings. The maximum Gasteiger partial charge on any atom is 0.260 e. The number of sulfonamides is 1. The number of aromatic hydroxyl groups is 1. The normalized spacial score (nSPS) is 18.4. The van der Waals surface area contributed by atoms with E-state index in [1.165, 1.54) is 35.7 Å². The Morgan fingerprint density at radius 1 is 1.08 bits per heavy atom. The van der Waals surface area contributed by atoms with E-state index in [1.807, 2.05) is 17.0 Å². The standard InChI is InChI=1S/C27H37N3O7S/c1-38(34,35)29-25-15-24(9-10-26(25)32)36-17-22(31)16-28-21-7-5-19-6-8-23(14-20(19)13-21)37-18-27(33)30-11-3-2-4-12-30/h6,8-10,14-15,21-22,28-29,31-32H,2-5,7,11-13,16-18H2,1H3/t21-,22-/m0/s1. The number of fused-ring (bicyclic) bond motifs is 1. The van der Waals surface area contributed by atoms with Crippen molar-refractivity contribution in [1.82, 2.24) is 10.2 Å². The summed E-state index contributed by atoms with van der Waals surface area (Å²) in [4.78, 5) is 14.3. The van der Waals surface area contributed by atoms with Crippen LogP contribution in [0.3, 0.4) is 0 Å². The zero-order valence-electron chi connectivity index (χ0n) is 21.7. The molecule has 0 bridgehead atoms. The fourth-order valence-electron chi connectivity index (χ4n) is 4.82. The number of carbonyl (C=O) groups excluding carboxylic acids is 1. The second kappa shape index (κ2) is 12.7. The van der Waals surface area contributed by atoms with E-state index in [2.05, 4.69) is 16.1 Å². The largest absolute Gasteiger partial charge is 0.506 e. The summed E-state index contributed by atoms with van der Waals surface area (Å²) >= 11 is 0. The Morgan fingerprint density at radius 3 is 2.58 bits per heavy atom. The van der Waals surface area contributed by atoms with Gasteiger partial charge in [0.15, 0.2) is 6.61 Å². The Kier molecular flexibility index (Phi) is 9.35. The summed E-state index contributed by atoms with van der Waals surface area (Å²) in [7, 11) is -3.55. The van der Waals surface area contributed by atoms with Crippen LogP contribution in [-0.2, 0) is 27.7 Å². The van der Waals surface area contributed by atoms with Crippen LogP contribution < -0.4 is 19.5 Å². The SMILES string of the molecule is CS(=O)(=O)Nc1cc(OC[C@@H](O)CN[C@H]2CCc3ccc(OCC(=O)N4CCCCC4)cc3C2)ccc1O. The number of phenolic OH excluding ortho intramolecular Hbond substituents is 1. The summed E-state index contributed by atoms with van der Waals surface area (Å²) in [5, 5.41) is 23.6. The molecule has 4 rings (SSSR count). The zero-order chi connectivity index (χ0) is 27.1. The van der Waals surface area contributed by atoms with Crippen molar-refractivity contribution in [1.29, 1.82) is 0 Å². The van der Waals surface area contributed by atoms with Gasteiger partial charge in [0.25, 0.3) is 5.91 Å². The molecule has 0 aromatic heterocycles. The number of hydrogen-bond acceptors (Lipinski definition) is 8. The number of hydrogen-bond donors (Lipinski definition) is 4. The van der Waals surface area contributed by atoms with Crippen LogP contribution in [0.2, 0.25) is 0 Å². The lowest BCUT2D eigenvalue weighted by Gasteiger charge is -2.28. The second-order valence-corrected chi connectivity index (χ2v) is 11.8. The highest BCUT2D eigenvalue weighted by molar-refractivity contribution is 7.92. The number of ether oxygens (including phenoxy) is 2. The number of nitrogens with zero attached hydrogens (tertiary/aromatic N) is 1. The van der Waals surface area contributed by atoms with Crippen molar-refractivity contribution in [2.24, 2.45) is 0 Å². The minimum atomic E-state index is -3.55. The van der Waals surface area contributed by atoms with Gasteiger partial charge in [0.1, 0.15) is 30.0 Å². The highest BCUT2D eigenvalue weighted by Crippen LogP contribution is 2.29. The number of amides is 1. The Labute approximate surface area is 224 Å². The van der Waals surface area contributed by atoms with Crippen LogP contribution in [0.1, 0.15) is 36.8 Å². The minimum Gasteiger partial charge on any atom is -0.506 e. The quantitative estimate of drug-likeness (QED) is 0.314. The Balaban J connectivity index is 1.23. The van der Waals surface area contributed by atoms with Gasteiger partial charge in [0.2, 0.25) is 10.0 Å². The molecule has 0 spiro atoms. The van der Waals surface area contributed by atoms with Crippen LogP contribution >= 0.6 is 0 Å². The first-order valence-corrected chi connectivity index (χ1v) is 14.9. The third-order valence-corrected chi connectivity index (χ3v) is 7.42. The predicted octanol–water partition coefficient (Wildman–Crippen LogP) is 2.04. The molecule has 0 radical (unpaired) electrons. The molecular formula is C27H37N3O7S. The molecule has 11 heteroatoms. The van der Waals surface area contributed by atoms with Crippen LogP contribution in [0.15, 0.2) is 36.4 Å². The van der Waals surface area contributed by atoms with Gasteiger partial charge in [-0.05, 0) is 73.9 Å². The fourth-order valence-corrected chi connectivity index (χ4v) is 5.38. The molecule has 2 aromatic carbocycles. The molecule has 1 aliphatic heterocycles.